The fourth-order valence-electron chi connectivity index (χ4n) is 3.88. The van der Waals surface area contributed by atoms with E-state index < -0.39 is 32.0 Å². The highest BCUT2D eigenvalue weighted by molar-refractivity contribution is 7.92. The van der Waals surface area contributed by atoms with Crippen molar-refractivity contribution in [3.8, 4) is 5.75 Å². The molecule has 1 atom stereocenters. The van der Waals surface area contributed by atoms with Crippen LogP contribution in [0.25, 0.3) is 0 Å². The van der Waals surface area contributed by atoms with Crippen molar-refractivity contribution >= 4 is 37.3 Å². The Morgan fingerprint density at radius 3 is 2.12 bits per heavy atom. The Morgan fingerprint density at radius 2 is 1.59 bits per heavy atom. The minimum atomic E-state index is -3.77. The molecule has 0 aliphatic carbocycles. The third-order valence-electron chi connectivity index (χ3n) is 5.57. The first-order valence-electron chi connectivity index (χ1n) is 11.2. The Kier molecular flexibility index (Phi) is 8.21. The number of ether oxygens (including phenoxy) is 1. The van der Waals surface area contributed by atoms with Crippen molar-refractivity contribution in [3.05, 3.63) is 48.5 Å². The molecule has 0 unspecified atom stereocenters. The second-order valence-electron chi connectivity index (χ2n) is 8.14. The van der Waals surface area contributed by atoms with Gasteiger partial charge in [0.1, 0.15) is 11.8 Å². The number of sulfonamides is 2. The van der Waals surface area contributed by atoms with Crippen LogP contribution in [-0.4, -0.2) is 59.0 Å². The van der Waals surface area contributed by atoms with Gasteiger partial charge in [-0.2, -0.15) is 4.31 Å². The normalized spacial score (nSPS) is 16.0. The van der Waals surface area contributed by atoms with Crippen LogP contribution in [0, 0.1) is 0 Å². The second-order valence-corrected chi connectivity index (χ2v) is 11.9. The van der Waals surface area contributed by atoms with Crippen LogP contribution in [0.1, 0.15) is 33.1 Å². The van der Waals surface area contributed by atoms with E-state index in [1.165, 1.54) is 35.5 Å². The molecule has 0 aromatic heterocycles. The molecule has 1 aliphatic heterocycles. The third-order valence-corrected chi connectivity index (χ3v) is 8.72. The number of anilines is 2. The highest BCUT2D eigenvalue weighted by atomic mass is 32.2. The van der Waals surface area contributed by atoms with Gasteiger partial charge in [0.05, 0.1) is 23.4 Å². The molecular weight excluding hydrogens is 478 g/mol. The summed E-state index contributed by atoms with van der Waals surface area (Å²) in [5.74, 6) is 0.0438. The first kappa shape index (κ1) is 26.0. The fraction of sp³-hybridized carbons (Fsp3) is 0.435. The monoisotopic (exact) mass is 509 g/mol. The lowest BCUT2D eigenvalue weighted by molar-refractivity contribution is -0.116. The molecule has 0 spiro atoms. The minimum Gasteiger partial charge on any atom is -0.494 e. The Bertz CT molecular complexity index is 1190. The Labute approximate surface area is 201 Å². The smallest absolute Gasteiger partial charge is 0.247 e. The maximum Gasteiger partial charge on any atom is 0.247 e. The highest BCUT2D eigenvalue weighted by Crippen LogP contribution is 2.25. The Hall–Kier alpha value is -2.63. The molecular formula is C23H31N3O6S2. The number of nitrogens with one attached hydrogen (secondary N) is 1. The summed E-state index contributed by atoms with van der Waals surface area (Å²) in [7, 11) is -7.35. The number of carbonyl (C=O) groups is 1. The topological polar surface area (TPSA) is 113 Å². The molecule has 3 rings (SSSR count). The summed E-state index contributed by atoms with van der Waals surface area (Å²) in [5, 5.41) is 2.68. The molecule has 2 aromatic carbocycles. The van der Waals surface area contributed by atoms with Gasteiger partial charge in [-0.15, -0.1) is 0 Å². The number of carbonyl (C=O) groups excluding carboxylic acids is 1. The lowest BCUT2D eigenvalue weighted by Crippen LogP contribution is -2.45. The maximum absolute atomic E-state index is 12.9. The maximum atomic E-state index is 12.9. The lowest BCUT2D eigenvalue weighted by Gasteiger charge is -2.28. The van der Waals surface area contributed by atoms with E-state index in [0.29, 0.717) is 36.8 Å². The lowest BCUT2D eigenvalue weighted by atomic mass is 10.2. The van der Waals surface area contributed by atoms with Crippen molar-refractivity contribution in [3.63, 3.8) is 0 Å². The largest absolute Gasteiger partial charge is 0.494 e. The van der Waals surface area contributed by atoms with E-state index in [0.717, 1.165) is 29.8 Å². The van der Waals surface area contributed by atoms with Crippen LogP contribution >= 0.6 is 0 Å². The van der Waals surface area contributed by atoms with Crippen LogP contribution < -0.4 is 14.4 Å². The zero-order valence-electron chi connectivity index (χ0n) is 19.6. The van der Waals surface area contributed by atoms with Crippen LogP contribution in [0.2, 0.25) is 0 Å². The molecule has 0 saturated carbocycles. The van der Waals surface area contributed by atoms with Crippen LogP contribution in [-0.2, 0) is 24.8 Å². The molecule has 34 heavy (non-hydrogen) atoms. The van der Waals surface area contributed by atoms with Crippen LogP contribution in [0.5, 0.6) is 5.75 Å². The standard InChI is InChI=1S/C23H31N3O6S2/c1-4-32-21-12-10-20(11-13-21)26(33(3,28)29)18(2)23(27)24-19-8-14-22(15-9-19)34(30,31)25-16-6-5-7-17-25/h8-15,18H,4-7,16-17H2,1-3H3,(H,24,27)/t18-/m0/s1. The van der Waals surface area contributed by atoms with E-state index >= 15 is 0 Å². The second kappa shape index (κ2) is 10.7. The number of hydrogen-bond donors (Lipinski definition) is 1. The van der Waals surface area contributed by atoms with Gasteiger partial charge in [0, 0.05) is 18.8 Å². The quantitative estimate of drug-likeness (QED) is 0.556. The Morgan fingerprint density at radius 1 is 1.00 bits per heavy atom. The van der Waals surface area contributed by atoms with Gasteiger partial charge in [0.15, 0.2) is 0 Å². The summed E-state index contributed by atoms with van der Waals surface area (Å²) in [6.07, 6.45) is 3.75. The van der Waals surface area contributed by atoms with Crippen molar-refractivity contribution in [1.29, 1.82) is 0 Å². The zero-order chi connectivity index (χ0) is 24.9. The number of benzene rings is 2. The fourth-order valence-corrected chi connectivity index (χ4v) is 6.57. The molecule has 9 nitrogen and oxygen atoms in total. The summed E-state index contributed by atoms with van der Waals surface area (Å²) in [4.78, 5) is 13.1. The van der Waals surface area contributed by atoms with E-state index in [4.69, 9.17) is 4.74 Å². The number of amides is 1. The van der Waals surface area contributed by atoms with Gasteiger partial charge in [-0.3, -0.25) is 9.10 Å². The van der Waals surface area contributed by atoms with Crippen LogP contribution in [0.4, 0.5) is 11.4 Å². The molecule has 1 heterocycles. The number of hydrogen-bond acceptors (Lipinski definition) is 6. The summed E-state index contributed by atoms with van der Waals surface area (Å²) >= 11 is 0. The van der Waals surface area contributed by atoms with E-state index in [1.54, 1.807) is 24.3 Å². The van der Waals surface area contributed by atoms with Crippen molar-refractivity contribution < 1.29 is 26.4 Å². The van der Waals surface area contributed by atoms with Crippen molar-refractivity contribution in [2.75, 3.05) is 35.6 Å². The number of rotatable bonds is 9. The van der Waals surface area contributed by atoms with Gasteiger partial charge in [0.2, 0.25) is 26.0 Å². The SMILES string of the molecule is CCOc1ccc(N([C@@H](C)C(=O)Nc2ccc(S(=O)(=O)N3CCCCC3)cc2)S(C)(=O)=O)cc1. The molecule has 0 bridgehead atoms. The van der Waals surface area contributed by atoms with Crippen molar-refractivity contribution in [1.82, 2.24) is 4.31 Å². The first-order valence-corrected chi connectivity index (χ1v) is 14.5. The van der Waals surface area contributed by atoms with Crippen molar-refractivity contribution in [2.45, 2.75) is 44.0 Å². The highest BCUT2D eigenvalue weighted by Gasteiger charge is 2.30. The van der Waals surface area contributed by atoms with Gasteiger partial charge in [-0.1, -0.05) is 6.42 Å². The van der Waals surface area contributed by atoms with E-state index in [9.17, 15) is 21.6 Å². The molecule has 11 heteroatoms. The zero-order valence-corrected chi connectivity index (χ0v) is 21.2. The van der Waals surface area contributed by atoms with E-state index in [2.05, 4.69) is 5.32 Å². The van der Waals surface area contributed by atoms with Gasteiger partial charge in [0.25, 0.3) is 0 Å². The summed E-state index contributed by atoms with van der Waals surface area (Å²) < 4.78 is 58.5. The molecule has 1 fully saturated rings. The number of piperidine rings is 1. The average molecular weight is 510 g/mol. The van der Waals surface area contributed by atoms with E-state index in [-0.39, 0.29) is 4.90 Å². The third kappa shape index (κ3) is 6.08. The first-order chi connectivity index (χ1) is 16.0. The van der Waals surface area contributed by atoms with Gasteiger partial charge >= 0.3 is 0 Å². The molecule has 2 aromatic rings. The van der Waals surface area contributed by atoms with Gasteiger partial charge < -0.3 is 10.1 Å². The average Bonchev–Trinajstić information content (AvgIpc) is 2.80. The number of nitrogens with zero attached hydrogens (tertiary/aromatic N) is 2. The van der Waals surface area contributed by atoms with Crippen LogP contribution in [0.15, 0.2) is 53.4 Å². The molecule has 1 aliphatic rings. The summed E-state index contributed by atoms with van der Waals surface area (Å²) in [6.45, 7) is 4.82. The molecule has 0 radical (unpaired) electrons. The van der Waals surface area contributed by atoms with Crippen molar-refractivity contribution in [2.24, 2.45) is 0 Å². The molecule has 1 amide bonds. The van der Waals surface area contributed by atoms with E-state index in [1.807, 2.05) is 6.92 Å². The molecule has 186 valence electrons. The predicted octanol–water partition coefficient (Wildman–Crippen LogP) is 3.05. The molecule has 1 N–H and O–H groups in total. The minimum absolute atomic E-state index is 0.160. The van der Waals surface area contributed by atoms with Gasteiger partial charge in [-0.25, -0.2) is 16.8 Å². The predicted molar refractivity (Wildman–Crippen MR) is 132 cm³/mol. The summed E-state index contributed by atoms with van der Waals surface area (Å²) in [5.41, 5.74) is 0.700. The molecule has 1 saturated heterocycles. The Balaban J connectivity index is 1.75. The van der Waals surface area contributed by atoms with Crippen LogP contribution in [0.3, 0.4) is 0 Å². The van der Waals surface area contributed by atoms with Gasteiger partial charge in [-0.05, 0) is 75.2 Å². The summed E-state index contributed by atoms with van der Waals surface area (Å²) in [6, 6.07) is 11.3.